The van der Waals surface area contributed by atoms with Crippen LogP contribution in [0.1, 0.15) is 26.3 Å². The van der Waals surface area contributed by atoms with Crippen molar-refractivity contribution in [2.75, 3.05) is 37.7 Å². The molecule has 0 saturated carbocycles. The Kier molecular flexibility index (Phi) is 7.00. The fraction of sp³-hybridized carbons (Fsp3) is 0.435. The summed E-state index contributed by atoms with van der Waals surface area (Å²) < 4.78 is 39.2. The number of sulfonamides is 1. The van der Waals surface area contributed by atoms with E-state index in [-0.39, 0.29) is 4.90 Å². The van der Waals surface area contributed by atoms with Crippen molar-refractivity contribution in [3.63, 3.8) is 0 Å². The highest BCUT2D eigenvalue weighted by Gasteiger charge is 2.32. The summed E-state index contributed by atoms with van der Waals surface area (Å²) in [7, 11) is -3.68. The number of aryl methyl sites for hydroxylation is 1. The number of para-hydroxylation sites is 2. The van der Waals surface area contributed by atoms with E-state index in [2.05, 4.69) is 4.90 Å². The molecule has 0 bridgehead atoms. The zero-order valence-electron chi connectivity index (χ0n) is 18.9. The Balaban J connectivity index is 1.73. The van der Waals surface area contributed by atoms with Crippen LogP contribution in [0.4, 0.5) is 5.69 Å². The van der Waals surface area contributed by atoms with Crippen molar-refractivity contribution in [3.05, 3.63) is 48.0 Å². The molecule has 9 heteroatoms. The molecule has 3 rings (SSSR count). The molecule has 0 unspecified atom stereocenters. The van der Waals surface area contributed by atoms with E-state index >= 15 is 0 Å². The number of ether oxygens (including phenoxy) is 2. The highest BCUT2D eigenvalue weighted by molar-refractivity contribution is 7.89. The summed E-state index contributed by atoms with van der Waals surface area (Å²) in [5.41, 5.74) is 0.105. The first-order valence-corrected chi connectivity index (χ1v) is 12.0. The summed E-state index contributed by atoms with van der Waals surface area (Å²) in [4.78, 5) is 13.6. The average Bonchev–Trinajstić information content (AvgIpc) is 2.75. The quantitative estimate of drug-likeness (QED) is 0.644. The van der Waals surface area contributed by atoms with E-state index in [4.69, 9.17) is 9.47 Å². The van der Waals surface area contributed by atoms with Crippen molar-refractivity contribution in [3.8, 4) is 11.5 Å². The Hall–Kier alpha value is -2.78. The molecule has 2 aromatic rings. The number of nitrogens with zero attached hydrogens (tertiary/aromatic N) is 2. The van der Waals surface area contributed by atoms with Crippen LogP contribution in [0, 0.1) is 6.92 Å². The Labute approximate surface area is 189 Å². The third-order valence-corrected chi connectivity index (χ3v) is 7.30. The summed E-state index contributed by atoms with van der Waals surface area (Å²) in [6.45, 7) is 8.90. The molecule has 1 N–H and O–H groups in total. The molecule has 1 aliphatic heterocycles. The van der Waals surface area contributed by atoms with Gasteiger partial charge in [-0.3, -0.25) is 0 Å². The van der Waals surface area contributed by atoms with Crippen LogP contribution in [0.15, 0.2) is 47.4 Å². The van der Waals surface area contributed by atoms with Gasteiger partial charge in [0.05, 0.1) is 17.2 Å². The third kappa shape index (κ3) is 4.99. The molecule has 1 fully saturated rings. The molecule has 0 atom stereocenters. The van der Waals surface area contributed by atoms with Gasteiger partial charge < -0.3 is 19.5 Å². The van der Waals surface area contributed by atoms with Crippen LogP contribution in [0.5, 0.6) is 11.5 Å². The van der Waals surface area contributed by atoms with Crippen molar-refractivity contribution in [1.29, 1.82) is 0 Å². The molecule has 2 aromatic carbocycles. The largest absolute Gasteiger partial charge is 0.492 e. The van der Waals surface area contributed by atoms with E-state index in [9.17, 15) is 18.3 Å². The van der Waals surface area contributed by atoms with Crippen molar-refractivity contribution in [1.82, 2.24) is 4.31 Å². The number of hydrogen-bond acceptors (Lipinski definition) is 6. The molecule has 0 amide bonds. The monoisotopic (exact) mass is 462 g/mol. The van der Waals surface area contributed by atoms with E-state index < -0.39 is 21.6 Å². The smallest absolute Gasteiger partial charge is 0.347 e. The third-order valence-electron chi connectivity index (χ3n) is 5.41. The van der Waals surface area contributed by atoms with E-state index in [1.54, 1.807) is 6.92 Å². The van der Waals surface area contributed by atoms with Gasteiger partial charge in [-0.2, -0.15) is 4.31 Å². The summed E-state index contributed by atoms with van der Waals surface area (Å²) in [5, 5.41) is 9.26. The predicted molar refractivity (Wildman–Crippen MR) is 122 cm³/mol. The molecule has 8 nitrogen and oxygen atoms in total. The van der Waals surface area contributed by atoms with Gasteiger partial charge in [-0.25, -0.2) is 13.2 Å². The fourth-order valence-corrected chi connectivity index (χ4v) is 5.04. The number of carboxylic acids is 1. The van der Waals surface area contributed by atoms with Crippen LogP contribution >= 0.6 is 0 Å². The molecule has 0 radical (unpaired) electrons. The number of aliphatic carboxylic acids is 1. The summed E-state index contributed by atoms with van der Waals surface area (Å²) in [6.07, 6.45) is 0. The first kappa shape index (κ1) is 23.9. The van der Waals surface area contributed by atoms with E-state index in [0.29, 0.717) is 44.1 Å². The lowest BCUT2D eigenvalue weighted by atomic mass is 10.1. The normalized spacial score (nSPS) is 15.4. The molecule has 1 saturated heterocycles. The van der Waals surface area contributed by atoms with Gasteiger partial charge in [0.1, 0.15) is 11.5 Å². The highest BCUT2D eigenvalue weighted by atomic mass is 32.2. The Morgan fingerprint density at radius 1 is 1.06 bits per heavy atom. The van der Waals surface area contributed by atoms with Crippen molar-refractivity contribution < 1.29 is 27.8 Å². The average molecular weight is 463 g/mol. The molecule has 0 aromatic heterocycles. The fourth-order valence-electron chi connectivity index (χ4n) is 3.53. The maximum atomic E-state index is 13.2. The minimum atomic E-state index is -3.68. The van der Waals surface area contributed by atoms with E-state index in [1.807, 2.05) is 31.2 Å². The molecule has 0 spiro atoms. The maximum absolute atomic E-state index is 13.2. The lowest BCUT2D eigenvalue weighted by Gasteiger charge is -2.36. The lowest BCUT2D eigenvalue weighted by Crippen LogP contribution is -2.48. The molecule has 0 aliphatic carbocycles. The van der Waals surface area contributed by atoms with Gasteiger partial charge in [-0.05, 0) is 63.6 Å². The Morgan fingerprint density at radius 3 is 2.31 bits per heavy atom. The molecule has 32 heavy (non-hydrogen) atoms. The van der Waals surface area contributed by atoms with Crippen LogP contribution in [0.3, 0.4) is 0 Å². The number of piperazine rings is 1. The van der Waals surface area contributed by atoms with Gasteiger partial charge in [-0.1, -0.05) is 12.1 Å². The van der Waals surface area contributed by atoms with Crippen molar-refractivity contribution >= 4 is 21.7 Å². The van der Waals surface area contributed by atoms with Gasteiger partial charge in [0, 0.05) is 26.2 Å². The molecule has 174 valence electrons. The van der Waals surface area contributed by atoms with Gasteiger partial charge in [-0.15, -0.1) is 0 Å². The zero-order valence-corrected chi connectivity index (χ0v) is 19.7. The van der Waals surface area contributed by atoms with Crippen LogP contribution in [0.25, 0.3) is 0 Å². The minimum absolute atomic E-state index is 0.165. The second-order valence-corrected chi connectivity index (χ2v) is 10.1. The number of carboxylic acid groups (broad SMARTS) is 1. The van der Waals surface area contributed by atoms with E-state index in [1.165, 1.54) is 36.4 Å². The summed E-state index contributed by atoms with van der Waals surface area (Å²) in [6, 6.07) is 12.3. The standard InChI is InChI=1S/C23H30N2O6S/c1-5-30-21-9-7-6-8-19(21)24-12-14-25(15-13-24)32(28,29)18-10-11-20(17(2)16-18)31-23(3,4)22(26)27/h6-11,16H,5,12-15H2,1-4H3,(H,26,27). The zero-order chi connectivity index (χ0) is 23.5. The van der Waals surface area contributed by atoms with Gasteiger partial charge in [0.25, 0.3) is 0 Å². The van der Waals surface area contributed by atoms with Crippen LogP contribution in [0.2, 0.25) is 0 Å². The molecule has 1 aliphatic rings. The Morgan fingerprint density at radius 2 is 1.72 bits per heavy atom. The first-order valence-electron chi connectivity index (χ1n) is 10.6. The number of anilines is 1. The second-order valence-electron chi connectivity index (χ2n) is 8.14. The molecule has 1 heterocycles. The van der Waals surface area contributed by atoms with Gasteiger partial charge in [0.15, 0.2) is 5.60 Å². The van der Waals surface area contributed by atoms with Crippen molar-refractivity contribution in [2.45, 2.75) is 38.2 Å². The predicted octanol–water partition coefficient (Wildman–Crippen LogP) is 3.15. The summed E-state index contributed by atoms with van der Waals surface area (Å²) >= 11 is 0. The SMILES string of the molecule is CCOc1ccccc1N1CCN(S(=O)(=O)c2ccc(OC(C)(C)C(=O)O)c(C)c2)CC1. The van der Waals surface area contributed by atoms with Crippen LogP contribution in [-0.2, 0) is 14.8 Å². The second kappa shape index (κ2) is 9.38. The topological polar surface area (TPSA) is 96.4 Å². The highest BCUT2D eigenvalue weighted by Crippen LogP contribution is 2.31. The maximum Gasteiger partial charge on any atom is 0.347 e. The number of benzene rings is 2. The Bertz CT molecular complexity index is 1080. The van der Waals surface area contributed by atoms with Crippen LogP contribution < -0.4 is 14.4 Å². The van der Waals surface area contributed by atoms with E-state index in [0.717, 1.165) is 11.4 Å². The molecular formula is C23H30N2O6S. The summed E-state index contributed by atoms with van der Waals surface area (Å²) in [5.74, 6) is 0.0351. The molecular weight excluding hydrogens is 432 g/mol. The van der Waals surface area contributed by atoms with Crippen LogP contribution in [-0.4, -0.2) is 62.2 Å². The van der Waals surface area contributed by atoms with Gasteiger partial charge in [0.2, 0.25) is 10.0 Å². The first-order chi connectivity index (χ1) is 15.1. The number of carbonyl (C=O) groups is 1. The van der Waals surface area contributed by atoms with Gasteiger partial charge >= 0.3 is 5.97 Å². The lowest BCUT2D eigenvalue weighted by molar-refractivity contribution is -0.152. The number of rotatable bonds is 8. The van der Waals surface area contributed by atoms with Crippen molar-refractivity contribution in [2.24, 2.45) is 0 Å². The number of hydrogen-bond donors (Lipinski definition) is 1. The minimum Gasteiger partial charge on any atom is -0.492 e.